The minimum atomic E-state index is -4.52. The normalized spacial score (nSPS) is 20.6. The molecule has 1 aliphatic heterocycles. The van der Waals surface area contributed by atoms with Gasteiger partial charge >= 0.3 is 6.18 Å². The molecule has 6 heteroatoms. The fourth-order valence-corrected chi connectivity index (χ4v) is 2.74. The third kappa shape index (κ3) is 3.49. The van der Waals surface area contributed by atoms with Crippen LogP contribution in [0.25, 0.3) is 0 Å². The zero-order chi connectivity index (χ0) is 14.8. The van der Waals surface area contributed by atoms with Crippen LogP contribution in [0.3, 0.4) is 0 Å². The van der Waals surface area contributed by atoms with Crippen molar-refractivity contribution >= 4 is 0 Å². The van der Waals surface area contributed by atoms with Crippen LogP contribution >= 0.6 is 0 Å². The van der Waals surface area contributed by atoms with Crippen molar-refractivity contribution in [1.29, 1.82) is 0 Å². The Morgan fingerprint density at radius 1 is 1.35 bits per heavy atom. The molecule has 1 N–H and O–H groups in total. The molecule has 0 saturated carbocycles. The van der Waals surface area contributed by atoms with Crippen LogP contribution < -0.4 is 5.32 Å². The fraction of sp³-hybridized carbons (Fsp3) is 0.571. The van der Waals surface area contributed by atoms with Crippen molar-refractivity contribution in [2.75, 3.05) is 20.1 Å². The van der Waals surface area contributed by atoms with E-state index in [1.165, 1.54) is 6.07 Å². The van der Waals surface area contributed by atoms with E-state index in [2.05, 4.69) is 5.32 Å². The van der Waals surface area contributed by atoms with Gasteiger partial charge in [-0.25, -0.2) is 4.39 Å². The second-order valence-corrected chi connectivity index (χ2v) is 5.12. The largest absolute Gasteiger partial charge is 0.416 e. The monoisotopic (exact) mass is 290 g/mol. The van der Waals surface area contributed by atoms with Crippen molar-refractivity contribution in [3.63, 3.8) is 0 Å². The Balaban J connectivity index is 2.20. The van der Waals surface area contributed by atoms with Crippen LogP contribution in [0.5, 0.6) is 0 Å². The van der Waals surface area contributed by atoms with Crippen LogP contribution in [0.15, 0.2) is 18.2 Å². The smallest absolute Gasteiger partial charge is 0.318 e. The van der Waals surface area contributed by atoms with Crippen molar-refractivity contribution in [3.8, 4) is 0 Å². The topological polar surface area (TPSA) is 15.3 Å². The van der Waals surface area contributed by atoms with Crippen LogP contribution in [0.1, 0.15) is 24.0 Å². The number of nitrogens with one attached hydrogen (secondary N) is 1. The van der Waals surface area contributed by atoms with E-state index in [1.807, 2.05) is 11.9 Å². The highest BCUT2D eigenvalue weighted by molar-refractivity contribution is 5.30. The molecule has 1 aliphatic rings. The Hall–Kier alpha value is -1.14. The molecule has 0 spiro atoms. The summed E-state index contributed by atoms with van der Waals surface area (Å²) in [5.41, 5.74) is -0.727. The predicted molar refractivity (Wildman–Crippen MR) is 68.8 cm³/mol. The summed E-state index contributed by atoms with van der Waals surface area (Å²) in [6.07, 6.45) is -2.56. The molecule has 1 saturated heterocycles. The Bertz CT molecular complexity index is 459. The minimum absolute atomic E-state index is 0.141. The number of nitrogens with zero attached hydrogens (tertiary/aromatic N) is 1. The maximum Gasteiger partial charge on any atom is 0.416 e. The van der Waals surface area contributed by atoms with Crippen molar-refractivity contribution in [3.05, 3.63) is 35.1 Å². The van der Waals surface area contributed by atoms with Gasteiger partial charge in [-0.15, -0.1) is 0 Å². The zero-order valence-electron chi connectivity index (χ0n) is 11.3. The molecular formula is C14H18F4N2. The van der Waals surface area contributed by atoms with Crippen LogP contribution in [0.4, 0.5) is 17.6 Å². The molecule has 1 fully saturated rings. The molecule has 0 bridgehead atoms. The number of alkyl halides is 3. The Labute approximate surface area is 115 Å². The first-order valence-corrected chi connectivity index (χ1v) is 6.66. The second kappa shape index (κ2) is 6.10. The molecule has 0 amide bonds. The third-order valence-corrected chi connectivity index (χ3v) is 3.69. The number of likely N-dealkylation sites (tertiary alicyclic amines) is 1. The molecule has 0 aliphatic carbocycles. The standard InChI is InChI=1S/C14H18F4N2/c1-19-8-12-3-2-6-20(12)9-10-4-5-11(15)7-13(10)14(16,17)18/h4-5,7,12,19H,2-3,6,8-9H2,1H3. The summed E-state index contributed by atoms with van der Waals surface area (Å²) in [7, 11) is 1.83. The lowest BCUT2D eigenvalue weighted by Gasteiger charge is -2.25. The van der Waals surface area contributed by atoms with Gasteiger partial charge in [0.2, 0.25) is 0 Å². The van der Waals surface area contributed by atoms with Crippen LogP contribution in [-0.2, 0) is 12.7 Å². The third-order valence-electron chi connectivity index (χ3n) is 3.69. The first-order valence-electron chi connectivity index (χ1n) is 6.66. The van der Waals surface area contributed by atoms with Gasteiger partial charge in [-0.3, -0.25) is 4.90 Å². The average molecular weight is 290 g/mol. The number of halogens is 4. The highest BCUT2D eigenvalue weighted by Gasteiger charge is 2.35. The maximum atomic E-state index is 13.1. The molecule has 1 heterocycles. The molecule has 0 aromatic heterocycles. The summed E-state index contributed by atoms with van der Waals surface area (Å²) in [6.45, 7) is 1.74. The van der Waals surface area contributed by atoms with E-state index < -0.39 is 17.6 Å². The number of likely N-dealkylation sites (N-methyl/N-ethyl adjacent to an activating group) is 1. The molecule has 0 radical (unpaired) electrons. The molecule has 1 atom stereocenters. The van der Waals surface area contributed by atoms with Crippen molar-refractivity contribution < 1.29 is 17.6 Å². The SMILES string of the molecule is CNCC1CCCN1Cc1ccc(F)cc1C(F)(F)F. The van der Waals surface area contributed by atoms with Gasteiger partial charge < -0.3 is 5.32 Å². The minimum Gasteiger partial charge on any atom is -0.318 e. The van der Waals surface area contributed by atoms with Gasteiger partial charge in [-0.2, -0.15) is 13.2 Å². The Morgan fingerprint density at radius 3 is 2.75 bits per heavy atom. The fourth-order valence-electron chi connectivity index (χ4n) is 2.74. The van der Waals surface area contributed by atoms with E-state index in [0.29, 0.717) is 6.07 Å². The molecular weight excluding hydrogens is 272 g/mol. The summed E-state index contributed by atoms with van der Waals surface area (Å²) in [4.78, 5) is 2.03. The van der Waals surface area contributed by atoms with Crippen molar-refractivity contribution in [2.45, 2.75) is 31.6 Å². The summed E-state index contributed by atoms with van der Waals surface area (Å²) in [5.74, 6) is -0.853. The van der Waals surface area contributed by atoms with Gasteiger partial charge in [0.15, 0.2) is 0 Å². The number of hydrogen-bond donors (Lipinski definition) is 1. The van der Waals surface area contributed by atoms with E-state index in [0.717, 1.165) is 32.0 Å². The summed E-state index contributed by atoms with van der Waals surface area (Å²) >= 11 is 0. The van der Waals surface area contributed by atoms with Crippen molar-refractivity contribution in [1.82, 2.24) is 10.2 Å². The first kappa shape index (κ1) is 15.3. The van der Waals surface area contributed by atoms with Gasteiger partial charge in [0.05, 0.1) is 5.56 Å². The first-order chi connectivity index (χ1) is 9.41. The van der Waals surface area contributed by atoms with E-state index >= 15 is 0 Å². The lowest BCUT2D eigenvalue weighted by atomic mass is 10.1. The lowest BCUT2D eigenvalue weighted by molar-refractivity contribution is -0.138. The van der Waals surface area contributed by atoms with Gasteiger partial charge in [0.1, 0.15) is 5.82 Å². The van der Waals surface area contributed by atoms with Crippen molar-refractivity contribution in [2.24, 2.45) is 0 Å². The van der Waals surface area contributed by atoms with E-state index in [4.69, 9.17) is 0 Å². The Kier molecular flexibility index (Phi) is 4.65. The van der Waals surface area contributed by atoms with Gasteiger partial charge in [-0.1, -0.05) is 6.07 Å². The molecule has 1 aromatic rings. The van der Waals surface area contributed by atoms with Crippen LogP contribution in [-0.4, -0.2) is 31.1 Å². The maximum absolute atomic E-state index is 13.1. The summed E-state index contributed by atoms with van der Waals surface area (Å²) in [5, 5.41) is 3.06. The van der Waals surface area contributed by atoms with E-state index in [9.17, 15) is 17.6 Å². The lowest BCUT2D eigenvalue weighted by Crippen LogP contribution is -2.36. The van der Waals surface area contributed by atoms with E-state index in [-0.39, 0.29) is 18.2 Å². The number of benzene rings is 1. The highest BCUT2D eigenvalue weighted by atomic mass is 19.4. The average Bonchev–Trinajstić information content (AvgIpc) is 2.78. The highest BCUT2D eigenvalue weighted by Crippen LogP contribution is 2.34. The molecule has 1 unspecified atom stereocenters. The number of hydrogen-bond acceptors (Lipinski definition) is 2. The van der Waals surface area contributed by atoms with E-state index in [1.54, 1.807) is 0 Å². The van der Waals surface area contributed by atoms with Gasteiger partial charge in [0.25, 0.3) is 0 Å². The van der Waals surface area contributed by atoms with Gasteiger partial charge in [-0.05, 0) is 44.1 Å². The second-order valence-electron chi connectivity index (χ2n) is 5.12. The summed E-state index contributed by atoms with van der Waals surface area (Å²) < 4.78 is 51.9. The summed E-state index contributed by atoms with van der Waals surface area (Å²) in [6, 6.07) is 3.16. The van der Waals surface area contributed by atoms with Gasteiger partial charge in [0, 0.05) is 19.1 Å². The van der Waals surface area contributed by atoms with Crippen LogP contribution in [0, 0.1) is 5.82 Å². The molecule has 1 aromatic carbocycles. The molecule has 20 heavy (non-hydrogen) atoms. The molecule has 2 rings (SSSR count). The Morgan fingerprint density at radius 2 is 2.10 bits per heavy atom. The number of rotatable bonds is 4. The van der Waals surface area contributed by atoms with Crippen LogP contribution in [0.2, 0.25) is 0 Å². The molecule has 2 nitrogen and oxygen atoms in total. The molecule has 112 valence electrons. The zero-order valence-corrected chi connectivity index (χ0v) is 11.3. The predicted octanol–water partition coefficient (Wildman–Crippen LogP) is 3.03. The quantitative estimate of drug-likeness (QED) is 0.858.